The molecule has 6 heteroatoms. The molecule has 2 heterocycles. The molecule has 0 radical (unpaired) electrons. The smallest absolute Gasteiger partial charge is 0.314 e. The lowest BCUT2D eigenvalue weighted by Crippen LogP contribution is -2.50. The maximum absolute atomic E-state index is 11.9. The number of urea groups is 1. The van der Waals surface area contributed by atoms with Gasteiger partial charge in [0.15, 0.2) is 0 Å². The largest absolute Gasteiger partial charge is 0.329 e. The molecule has 6 nitrogen and oxygen atoms in total. The SMILES string of the molecule is C=Cc1ccc(-c2ncc(N3CCC(=O)NC3=O)n2C)cc1. The van der Waals surface area contributed by atoms with Gasteiger partial charge in [0.2, 0.25) is 5.91 Å². The van der Waals surface area contributed by atoms with Crippen molar-refractivity contribution >= 4 is 23.8 Å². The van der Waals surface area contributed by atoms with Crippen LogP contribution in [0, 0.1) is 0 Å². The van der Waals surface area contributed by atoms with E-state index in [1.54, 1.807) is 12.3 Å². The molecule has 3 amide bonds. The van der Waals surface area contributed by atoms with Crippen molar-refractivity contribution in [1.82, 2.24) is 14.9 Å². The Morgan fingerprint density at radius 1 is 1.27 bits per heavy atom. The number of hydrogen-bond donors (Lipinski definition) is 1. The van der Waals surface area contributed by atoms with Crippen molar-refractivity contribution < 1.29 is 9.59 Å². The molecule has 0 spiro atoms. The monoisotopic (exact) mass is 296 g/mol. The van der Waals surface area contributed by atoms with Crippen LogP contribution in [0.2, 0.25) is 0 Å². The van der Waals surface area contributed by atoms with Crippen LogP contribution >= 0.6 is 0 Å². The molecule has 112 valence electrons. The Morgan fingerprint density at radius 3 is 2.64 bits per heavy atom. The van der Waals surface area contributed by atoms with E-state index in [1.807, 2.05) is 35.9 Å². The molecule has 0 aliphatic carbocycles. The number of carbonyl (C=O) groups is 2. The molecular weight excluding hydrogens is 280 g/mol. The highest BCUT2D eigenvalue weighted by atomic mass is 16.2. The maximum atomic E-state index is 11.9. The Bertz CT molecular complexity index is 746. The molecule has 2 aromatic rings. The first-order chi connectivity index (χ1) is 10.6. The van der Waals surface area contributed by atoms with Crippen LogP contribution in [0.3, 0.4) is 0 Å². The number of amides is 3. The van der Waals surface area contributed by atoms with Crippen LogP contribution in [0.5, 0.6) is 0 Å². The third-order valence-electron chi connectivity index (χ3n) is 3.70. The third-order valence-corrected chi connectivity index (χ3v) is 3.70. The second kappa shape index (κ2) is 5.48. The Balaban J connectivity index is 1.92. The van der Waals surface area contributed by atoms with E-state index in [-0.39, 0.29) is 5.91 Å². The highest BCUT2D eigenvalue weighted by molar-refractivity contribution is 6.05. The summed E-state index contributed by atoms with van der Waals surface area (Å²) in [6.07, 6.45) is 3.72. The maximum Gasteiger partial charge on any atom is 0.329 e. The average molecular weight is 296 g/mol. The summed E-state index contributed by atoms with van der Waals surface area (Å²) < 4.78 is 1.85. The minimum atomic E-state index is -0.409. The van der Waals surface area contributed by atoms with Gasteiger partial charge in [-0.15, -0.1) is 0 Å². The molecule has 1 aromatic heterocycles. The second-order valence-corrected chi connectivity index (χ2v) is 5.08. The minimum Gasteiger partial charge on any atom is -0.314 e. The molecule has 22 heavy (non-hydrogen) atoms. The number of imidazole rings is 1. The lowest BCUT2D eigenvalue weighted by molar-refractivity contribution is -0.120. The first-order valence-corrected chi connectivity index (χ1v) is 6.96. The summed E-state index contributed by atoms with van der Waals surface area (Å²) in [4.78, 5) is 29.1. The van der Waals surface area contributed by atoms with Gasteiger partial charge in [0.25, 0.3) is 0 Å². The molecule has 1 aliphatic rings. The summed E-state index contributed by atoms with van der Waals surface area (Å²) in [6.45, 7) is 4.09. The van der Waals surface area contributed by atoms with Crippen molar-refractivity contribution in [3.63, 3.8) is 0 Å². The normalized spacial score (nSPS) is 14.9. The summed E-state index contributed by atoms with van der Waals surface area (Å²) in [6, 6.07) is 7.44. The number of nitrogens with zero attached hydrogens (tertiary/aromatic N) is 3. The number of hydrogen-bond acceptors (Lipinski definition) is 3. The van der Waals surface area contributed by atoms with Crippen LogP contribution in [0.25, 0.3) is 17.5 Å². The van der Waals surface area contributed by atoms with Gasteiger partial charge in [-0.05, 0) is 5.56 Å². The number of aromatic nitrogens is 2. The summed E-state index contributed by atoms with van der Waals surface area (Å²) in [7, 11) is 1.85. The summed E-state index contributed by atoms with van der Waals surface area (Å²) in [5.41, 5.74) is 1.99. The van der Waals surface area contributed by atoms with E-state index >= 15 is 0 Å². The summed E-state index contributed by atoms with van der Waals surface area (Å²) in [5, 5.41) is 2.32. The molecule has 1 fully saturated rings. The first kappa shape index (κ1) is 14.1. The van der Waals surface area contributed by atoms with Crippen molar-refractivity contribution in [1.29, 1.82) is 0 Å². The summed E-state index contributed by atoms with van der Waals surface area (Å²) in [5.74, 6) is 1.17. The van der Waals surface area contributed by atoms with Crippen LogP contribution < -0.4 is 10.2 Å². The van der Waals surface area contributed by atoms with Gasteiger partial charge in [0.1, 0.15) is 11.6 Å². The molecular formula is C16H16N4O2. The Kier molecular flexibility index (Phi) is 3.50. The molecule has 0 atom stereocenters. The van der Waals surface area contributed by atoms with Gasteiger partial charge < -0.3 is 4.57 Å². The lowest BCUT2D eigenvalue weighted by atomic mass is 10.1. The molecule has 3 rings (SSSR count). The zero-order valence-electron chi connectivity index (χ0n) is 12.2. The van der Waals surface area contributed by atoms with Crippen LogP contribution in [0.4, 0.5) is 10.6 Å². The standard InChI is InChI=1S/C16H16N4O2/c1-3-11-4-6-12(7-5-11)15-17-10-14(19(15)2)20-9-8-13(21)18-16(20)22/h3-7,10H,1,8-9H2,2H3,(H,18,21,22). The fourth-order valence-electron chi connectivity index (χ4n) is 2.47. The zero-order valence-corrected chi connectivity index (χ0v) is 12.2. The molecule has 0 bridgehead atoms. The van der Waals surface area contributed by atoms with Gasteiger partial charge in [0, 0.05) is 25.6 Å². The van der Waals surface area contributed by atoms with Gasteiger partial charge in [-0.2, -0.15) is 0 Å². The fraction of sp³-hybridized carbons (Fsp3) is 0.188. The predicted octanol–water partition coefficient (Wildman–Crippen LogP) is 2.18. The van der Waals surface area contributed by atoms with Gasteiger partial charge in [0.05, 0.1) is 6.20 Å². The van der Waals surface area contributed by atoms with Crippen LogP contribution in [-0.4, -0.2) is 28.0 Å². The van der Waals surface area contributed by atoms with Crippen molar-refractivity contribution in [3.8, 4) is 11.4 Å². The van der Waals surface area contributed by atoms with E-state index in [1.165, 1.54) is 4.90 Å². The quantitative estimate of drug-likeness (QED) is 0.944. The van der Waals surface area contributed by atoms with E-state index in [9.17, 15) is 9.59 Å². The van der Waals surface area contributed by atoms with E-state index in [4.69, 9.17) is 0 Å². The van der Waals surface area contributed by atoms with Crippen LogP contribution in [-0.2, 0) is 11.8 Å². The van der Waals surface area contributed by atoms with Crippen molar-refractivity contribution in [2.75, 3.05) is 11.4 Å². The highest BCUT2D eigenvalue weighted by Gasteiger charge is 2.27. The van der Waals surface area contributed by atoms with Gasteiger partial charge in [-0.3, -0.25) is 15.0 Å². The molecule has 0 saturated carbocycles. The highest BCUT2D eigenvalue weighted by Crippen LogP contribution is 2.25. The van der Waals surface area contributed by atoms with E-state index in [0.29, 0.717) is 18.8 Å². The number of rotatable bonds is 3. The number of benzene rings is 1. The Morgan fingerprint density at radius 2 is 2.00 bits per heavy atom. The minimum absolute atomic E-state index is 0.247. The second-order valence-electron chi connectivity index (χ2n) is 5.08. The van der Waals surface area contributed by atoms with E-state index in [0.717, 1.165) is 17.0 Å². The van der Waals surface area contributed by atoms with Crippen LogP contribution in [0.15, 0.2) is 37.0 Å². The zero-order chi connectivity index (χ0) is 15.7. The van der Waals surface area contributed by atoms with Crippen molar-refractivity contribution in [2.45, 2.75) is 6.42 Å². The van der Waals surface area contributed by atoms with Gasteiger partial charge in [-0.25, -0.2) is 9.78 Å². The van der Waals surface area contributed by atoms with Crippen molar-refractivity contribution in [2.24, 2.45) is 7.05 Å². The van der Waals surface area contributed by atoms with Gasteiger partial charge >= 0.3 is 6.03 Å². The van der Waals surface area contributed by atoms with E-state index < -0.39 is 6.03 Å². The fourth-order valence-corrected chi connectivity index (χ4v) is 2.47. The summed E-state index contributed by atoms with van der Waals surface area (Å²) >= 11 is 0. The predicted molar refractivity (Wildman–Crippen MR) is 84.2 cm³/mol. The van der Waals surface area contributed by atoms with Crippen molar-refractivity contribution in [3.05, 3.63) is 42.6 Å². The van der Waals surface area contributed by atoms with E-state index in [2.05, 4.69) is 16.9 Å². The van der Waals surface area contributed by atoms with Gasteiger partial charge in [-0.1, -0.05) is 36.9 Å². The molecule has 1 saturated heterocycles. The number of imide groups is 1. The molecule has 0 unspecified atom stereocenters. The molecule has 1 aromatic carbocycles. The number of nitrogens with one attached hydrogen (secondary N) is 1. The molecule has 1 N–H and O–H groups in total. The topological polar surface area (TPSA) is 67.2 Å². The third kappa shape index (κ3) is 2.39. The number of carbonyl (C=O) groups excluding carboxylic acids is 2. The number of anilines is 1. The first-order valence-electron chi connectivity index (χ1n) is 6.96. The molecule has 1 aliphatic heterocycles. The Hall–Kier alpha value is -2.89. The Labute approximate surface area is 128 Å². The lowest BCUT2D eigenvalue weighted by Gasteiger charge is -2.26. The van der Waals surface area contributed by atoms with Crippen LogP contribution in [0.1, 0.15) is 12.0 Å². The average Bonchev–Trinajstić information content (AvgIpc) is 2.89.